The van der Waals surface area contributed by atoms with Crippen LogP contribution in [0.4, 0.5) is 5.69 Å². The van der Waals surface area contributed by atoms with Gasteiger partial charge in [-0.25, -0.2) is 8.42 Å². The molecule has 1 aliphatic carbocycles. The Morgan fingerprint density at radius 3 is 2.36 bits per heavy atom. The Kier molecular flexibility index (Phi) is 9.62. The van der Waals surface area contributed by atoms with Gasteiger partial charge in [0.25, 0.3) is 0 Å². The minimum atomic E-state index is -3.79. The molecular formula is C26H34ClN3O5S. The lowest BCUT2D eigenvalue weighted by Gasteiger charge is -2.33. The quantitative estimate of drug-likeness (QED) is 0.496. The highest BCUT2D eigenvalue weighted by Crippen LogP contribution is 2.23. The molecule has 3 rings (SSSR count). The van der Waals surface area contributed by atoms with Crippen molar-refractivity contribution >= 4 is 39.1 Å². The van der Waals surface area contributed by atoms with E-state index in [1.165, 1.54) is 12.0 Å². The first-order chi connectivity index (χ1) is 17.1. The molecule has 2 aromatic rings. The number of hydrogen-bond acceptors (Lipinski definition) is 5. The molecule has 2 amide bonds. The highest BCUT2D eigenvalue weighted by atomic mass is 35.5. The molecule has 0 saturated heterocycles. The van der Waals surface area contributed by atoms with Crippen LogP contribution in [0.3, 0.4) is 0 Å². The molecule has 2 aromatic carbocycles. The number of nitrogens with one attached hydrogen (secondary N) is 1. The summed E-state index contributed by atoms with van der Waals surface area (Å²) >= 11 is 6.15. The van der Waals surface area contributed by atoms with E-state index in [0.717, 1.165) is 48.2 Å². The van der Waals surface area contributed by atoms with E-state index in [2.05, 4.69) is 5.32 Å². The number of anilines is 1. The van der Waals surface area contributed by atoms with Gasteiger partial charge in [0.2, 0.25) is 21.8 Å². The smallest absolute Gasteiger partial charge is 0.244 e. The Bertz CT molecular complexity index is 1150. The fraction of sp³-hybridized carbons (Fsp3) is 0.462. The van der Waals surface area contributed by atoms with Crippen LogP contribution in [0.25, 0.3) is 0 Å². The maximum Gasteiger partial charge on any atom is 0.244 e. The standard InChI is InChI=1S/C26H34ClN3O5S/c1-19(26(32)28-22-10-5-4-6-11-22)29(17-20-8-7-9-21(27)16-20)25(31)18-30(36(3,33)34)23-12-14-24(35-2)15-13-23/h7-9,12-16,19,22H,4-6,10-11,17-18H2,1-3H3,(H,28,32)/t19-/m0/s1. The predicted octanol–water partition coefficient (Wildman–Crippen LogP) is 3.98. The molecular weight excluding hydrogens is 502 g/mol. The number of sulfonamides is 1. The minimum Gasteiger partial charge on any atom is -0.497 e. The lowest BCUT2D eigenvalue weighted by molar-refractivity contribution is -0.139. The monoisotopic (exact) mass is 535 g/mol. The molecule has 10 heteroatoms. The fourth-order valence-electron chi connectivity index (χ4n) is 4.35. The summed E-state index contributed by atoms with van der Waals surface area (Å²) in [4.78, 5) is 28.2. The summed E-state index contributed by atoms with van der Waals surface area (Å²) < 4.78 is 31.5. The Balaban J connectivity index is 1.86. The lowest BCUT2D eigenvalue weighted by Crippen LogP contribution is -2.52. The summed E-state index contributed by atoms with van der Waals surface area (Å²) in [7, 11) is -2.28. The number of carbonyl (C=O) groups is 2. The minimum absolute atomic E-state index is 0.0867. The normalized spacial score (nSPS) is 15.1. The molecule has 1 fully saturated rings. The number of methoxy groups -OCH3 is 1. The highest BCUT2D eigenvalue weighted by Gasteiger charge is 2.31. The molecule has 1 atom stereocenters. The Morgan fingerprint density at radius 2 is 1.78 bits per heavy atom. The summed E-state index contributed by atoms with van der Waals surface area (Å²) in [6.07, 6.45) is 6.17. The lowest BCUT2D eigenvalue weighted by atomic mass is 9.95. The van der Waals surface area contributed by atoms with E-state index in [1.54, 1.807) is 49.4 Å². The third-order valence-corrected chi connectivity index (χ3v) is 7.78. The van der Waals surface area contributed by atoms with E-state index >= 15 is 0 Å². The van der Waals surface area contributed by atoms with Gasteiger partial charge in [-0.15, -0.1) is 0 Å². The van der Waals surface area contributed by atoms with Gasteiger partial charge in [0.1, 0.15) is 18.3 Å². The predicted molar refractivity (Wildman–Crippen MR) is 142 cm³/mol. The average molecular weight is 536 g/mol. The first-order valence-electron chi connectivity index (χ1n) is 12.0. The Labute approximate surface area is 218 Å². The summed E-state index contributed by atoms with van der Waals surface area (Å²) in [5, 5.41) is 3.58. The third-order valence-electron chi connectivity index (χ3n) is 6.40. The number of ether oxygens (including phenoxy) is 1. The fourth-order valence-corrected chi connectivity index (χ4v) is 5.41. The second-order valence-corrected chi connectivity index (χ2v) is 11.5. The van der Waals surface area contributed by atoms with Gasteiger partial charge >= 0.3 is 0 Å². The maximum absolute atomic E-state index is 13.6. The van der Waals surface area contributed by atoms with Crippen molar-refractivity contribution in [1.29, 1.82) is 0 Å². The number of benzene rings is 2. The van der Waals surface area contributed by atoms with Gasteiger partial charge in [-0.05, 0) is 61.7 Å². The third kappa shape index (κ3) is 7.61. The number of rotatable bonds is 10. The Morgan fingerprint density at radius 1 is 1.11 bits per heavy atom. The van der Waals surface area contributed by atoms with Crippen LogP contribution in [-0.2, 0) is 26.2 Å². The van der Waals surface area contributed by atoms with Crippen molar-refractivity contribution in [3.05, 3.63) is 59.1 Å². The van der Waals surface area contributed by atoms with Gasteiger partial charge in [-0.1, -0.05) is 43.0 Å². The van der Waals surface area contributed by atoms with Gasteiger partial charge in [0.15, 0.2) is 0 Å². The zero-order chi connectivity index (χ0) is 26.3. The molecule has 0 unspecified atom stereocenters. The largest absolute Gasteiger partial charge is 0.497 e. The molecule has 196 valence electrons. The van der Waals surface area contributed by atoms with Crippen molar-refractivity contribution in [2.45, 2.75) is 57.7 Å². The summed E-state index contributed by atoms with van der Waals surface area (Å²) in [5.41, 5.74) is 1.07. The van der Waals surface area contributed by atoms with Crippen LogP contribution in [-0.4, -0.2) is 57.1 Å². The van der Waals surface area contributed by atoms with Crippen molar-refractivity contribution in [2.24, 2.45) is 0 Å². The summed E-state index contributed by atoms with van der Waals surface area (Å²) in [5.74, 6) is -0.190. The van der Waals surface area contributed by atoms with Crippen LogP contribution >= 0.6 is 11.6 Å². The second-order valence-electron chi connectivity index (χ2n) is 9.14. The zero-order valence-electron chi connectivity index (χ0n) is 20.9. The average Bonchev–Trinajstić information content (AvgIpc) is 2.85. The molecule has 0 heterocycles. The molecule has 0 radical (unpaired) electrons. The molecule has 36 heavy (non-hydrogen) atoms. The summed E-state index contributed by atoms with van der Waals surface area (Å²) in [6.45, 7) is 1.32. The van der Waals surface area contributed by atoms with E-state index in [4.69, 9.17) is 16.3 Å². The summed E-state index contributed by atoms with van der Waals surface area (Å²) in [6, 6.07) is 12.7. The van der Waals surface area contributed by atoms with Gasteiger partial charge < -0.3 is 15.0 Å². The maximum atomic E-state index is 13.6. The molecule has 1 N–H and O–H groups in total. The van der Waals surface area contributed by atoms with Gasteiger partial charge in [0.05, 0.1) is 19.1 Å². The SMILES string of the molecule is COc1ccc(N(CC(=O)N(Cc2cccc(Cl)c2)[C@@H](C)C(=O)NC2CCCCC2)S(C)(=O)=O)cc1. The van der Waals surface area contributed by atoms with E-state index < -0.39 is 28.5 Å². The van der Waals surface area contributed by atoms with Crippen LogP contribution in [0.5, 0.6) is 5.75 Å². The van der Waals surface area contributed by atoms with Crippen molar-refractivity contribution in [3.63, 3.8) is 0 Å². The van der Waals surface area contributed by atoms with Crippen molar-refractivity contribution < 1.29 is 22.7 Å². The van der Waals surface area contributed by atoms with Crippen LogP contribution in [0, 0.1) is 0 Å². The van der Waals surface area contributed by atoms with E-state index in [9.17, 15) is 18.0 Å². The second kappa shape index (κ2) is 12.5. The number of hydrogen-bond donors (Lipinski definition) is 1. The number of nitrogens with zero attached hydrogens (tertiary/aromatic N) is 2. The van der Waals surface area contributed by atoms with Crippen LogP contribution < -0.4 is 14.4 Å². The van der Waals surface area contributed by atoms with Crippen molar-refractivity contribution in [3.8, 4) is 5.75 Å². The van der Waals surface area contributed by atoms with Gasteiger partial charge in [0, 0.05) is 17.6 Å². The van der Waals surface area contributed by atoms with Crippen molar-refractivity contribution in [2.75, 3.05) is 24.2 Å². The molecule has 8 nitrogen and oxygen atoms in total. The molecule has 1 aliphatic rings. The van der Waals surface area contributed by atoms with Gasteiger partial charge in [-0.2, -0.15) is 0 Å². The zero-order valence-corrected chi connectivity index (χ0v) is 22.5. The molecule has 0 aliphatic heterocycles. The number of carbonyl (C=O) groups excluding carboxylic acids is 2. The van der Waals surface area contributed by atoms with Crippen LogP contribution in [0.2, 0.25) is 5.02 Å². The molecule has 0 aromatic heterocycles. The van der Waals surface area contributed by atoms with E-state index in [-0.39, 0.29) is 18.5 Å². The topological polar surface area (TPSA) is 96.0 Å². The first kappa shape index (κ1) is 27.8. The van der Waals surface area contributed by atoms with Crippen molar-refractivity contribution in [1.82, 2.24) is 10.2 Å². The number of amides is 2. The first-order valence-corrected chi connectivity index (χ1v) is 14.3. The molecule has 0 bridgehead atoms. The molecule has 1 saturated carbocycles. The highest BCUT2D eigenvalue weighted by molar-refractivity contribution is 7.92. The Hall–Kier alpha value is -2.78. The van der Waals surface area contributed by atoms with E-state index in [0.29, 0.717) is 16.5 Å². The van der Waals surface area contributed by atoms with Gasteiger partial charge in [-0.3, -0.25) is 13.9 Å². The number of halogens is 1. The molecule has 0 spiro atoms. The van der Waals surface area contributed by atoms with Crippen LogP contribution in [0.1, 0.15) is 44.6 Å². The van der Waals surface area contributed by atoms with E-state index in [1.807, 2.05) is 6.07 Å². The van der Waals surface area contributed by atoms with Crippen LogP contribution in [0.15, 0.2) is 48.5 Å².